The Hall–Kier alpha value is -4.12. The number of allylic oxidation sites excluding steroid dienone is 1. The van der Waals surface area contributed by atoms with Gasteiger partial charge in [0.2, 0.25) is 0 Å². The van der Waals surface area contributed by atoms with Gasteiger partial charge in [0, 0.05) is 23.6 Å². The third-order valence-electron chi connectivity index (χ3n) is 5.51. The van der Waals surface area contributed by atoms with E-state index in [1.807, 2.05) is 0 Å². The molecule has 2 aromatic carbocycles. The molecule has 0 bridgehead atoms. The van der Waals surface area contributed by atoms with Crippen molar-refractivity contribution in [2.24, 2.45) is 0 Å². The maximum Gasteiger partial charge on any atom is 0.337 e. The molecule has 0 aliphatic carbocycles. The molecule has 0 fully saturated rings. The number of thioether (sulfide) groups is 1. The second-order valence-corrected chi connectivity index (χ2v) is 9.46. The summed E-state index contributed by atoms with van der Waals surface area (Å²) >= 11 is 1.27. The molecule has 186 valence electrons. The number of anilines is 1. The van der Waals surface area contributed by atoms with E-state index in [1.165, 1.54) is 36.0 Å². The van der Waals surface area contributed by atoms with Crippen LogP contribution in [0, 0.1) is 10.1 Å². The van der Waals surface area contributed by atoms with Gasteiger partial charge >= 0.3 is 5.97 Å². The zero-order valence-corrected chi connectivity index (χ0v) is 20.6. The number of nitro groups is 1. The average molecular weight is 509 g/mol. The highest BCUT2D eigenvalue weighted by Crippen LogP contribution is 2.41. The monoisotopic (exact) mass is 508 g/mol. The van der Waals surface area contributed by atoms with Gasteiger partial charge in [0.25, 0.3) is 11.2 Å². The molecule has 0 saturated carbocycles. The van der Waals surface area contributed by atoms with Gasteiger partial charge in [-0.25, -0.2) is 9.78 Å². The lowest BCUT2D eigenvalue weighted by molar-refractivity contribution is -0.384. The van der Waals surface area contributed by atoms with Gasteiger partial charge in [-0.05, 0) is 44.0 Å². The van der Waals surface area contributed by atoms with Crippen molar-refractivity contribution in [3.8, 4) is 5.75 Å². The van der Waals surface area contributed by atoms with Crippen molar-refractivity contribution in [2.75, 3.05) is 5.32 Å². The fourth-order valence-electron chi connectivity index (χ4n) is 3.95. The highest BCUT2D eigenvalue weighted by atomic mass is 32.2. The molecule has 3 N–H and O–H groups in total. The lowest BCUT2D eigenvalue weighted by Crippen LogP contribution is -2.31. The van der Waals surface area contributed by atoms with Crippen LogP contribution in [0.2, 0.25) is 0 Å². The summed E-state index contributed by atoms with van der Waals surface area (Å²) in [5, 5.41) is 24.4. The van der Waals surface area contributed by atoms with Gasteiger partial charge in [0.15, 0.2) is 5.16 Å². The Morgan fingerprint density at radius 3 is 2.61 bits per heavy atom. The number of aromatic nitrogens is 2. The number of hydrogen-bond donors (Lipinski definition) is 3. The number of phenols is 1. The molecule has 10 nitrogen and oxygen atoms in total. The van der Waals surface area contributed by atoms with Gasteiger partial charge in [-0.3, -0.25) is 14.9 Å². The number of benzene rings is 2. The molecule has 1 aromatic heterocycles. The molecule has 3 aromatic rings. The van der Waals surface area contributed by atoms with Crippen molar-refractivity contribution < 1.29 is 19.6 Å². The maximum absolute atomic E-state index is 13.3. The first-order valence-electron chi connectivity index (χ1n) is 11.1. The first kappa shape index (κ1) is 25.0. The molecule has 1 aliphatic heterocycles. The number of phenolic OH excluding ortho intramolecular Hbond substituents is 1. The molecular formula is C25H24N4O6S. The number of nitro benzene ring substituents is 1. The van der Waals surface area contributed by atoms with Gasteiger partial charge in [-0.2, -0.15) is 0 Å². The molecular weight excluding hydrogens is 484 g/mol. The summed E-state index contributed by atoms with van der Waals surface area (Å²) in [6.07, 6.45) is -0.362. The molecule has 0 amide bonds. The summed E-state index contributed by atoms with van der Waals surface area (Å²) in [5.74, 6) is -0.635. The second kappa shape index (κ2) is 10.2. The predicted molar refractivity (Wildman–Crippen MR) is 135 cm³/mol. The van der Waals surface area contributed by atoms with E-state index in [0.29, 0.717) is 28.0 Å². The minimum atomic E-state index is -0.801. The Bertz CT molecular complexity index is 1410. The number of fused-ring (bicyclic) bond motifs is 1. The zero-order valence-electron chi connectivity index (χ0n) is 19.8. The fraction of sp³-hybridized carbons (Fsp3) is 0.240. The highest BCUT2D eigenvalue weighted by molar-refractivity contribution is 7.98. The van der Waals surface area contributed by atoms with E-state index < -0.39 is 22.4 Å². The van der Waals surface area contributed by atoms with E-state index in [4.69, 9.17) is 4.74 Å². The summed E-state index contributed by atoms with van der Waals surface area (Å²) < 4.78 is 5.45. The third-order valence-corrected chi connectivity index (χ3v) is 6.45. The maximum atomic E-state index is 13.3. The number of aromatic amines is 1. The van der Waals surface area contributed by atoms with E-state index in [2.05, 4.69) is 15.3 Å². The molecule has 2 heterocycles. The molecule has 0 saturated heterocycles. The number of esters is 1. The van der Waals surface area contributed by atoms with Crippen LogP contribution in [0.5, 0.6) is 5.75 Å². The number of nitrogens with zero attached hydrogens (tertiary/aromatic N) is 2. The second-order valence-electron chi connectivity index (χ2n) is 8.49. The van der Waals surface area contributed by atoms with Gasteiger partial charge in [0.1, 0.15) is 11.6 Å². The normalized spacial score (nSPS) is 14.8. The number of ether oxygens (including phenoxy) is 1. The lowest BCUT2D eigenvalue weighted by atomic mass is 9.82. The van der Waals surface area contributed by atoms with E-state index >= 15 is 0 Å². The predicted octanol–water partition coefficient (Wildman–Crippen LogP) is 4.46. The third kappa shape index (κ3) is 5.25. The first-order chi connectivity index (χ1) is 17.1. The SMILES string of the molecule is CC1=C(C(=O)OC(C)C)C(c2cccc(O)c2)c2c(nc(SCc3ccc([N+](=O)[O-])cc3)[nH]c2=O)N1. The number of carbonyl (C=O) groups is 1. The molecule has 0 spiro atoms. The molecule has 1 atom stereocenters. The van der Waals surface area contributed by atoms with Crippen molar-refractivity contribution in [3.05, 3.63) is 97.0 Å². The first-order valence-corrected chi connectivity index (χ1v) is 12.1. The number of nitrogens with one attached hydrogen (secondary N) is 2. The molecule has 36 heavy (non-hydrogen) atoms. The van der Waals surface area contributed by atoms with Crippen LogP contribution >= 0.6 is 11.8 Å². The van der Waals surface area contributed by atoms with Crippen molar-refractivity contribution in [1.29, 1.82) is 0 Å². The summed E-state index contributed by atoms with van der Waals surface area (Å²) in [6.45, 7) is 5.19. The van der Waals surface area contributed by atoms with Crippen LogP contribution in [0.3, 0.4) is 0 Å². The number of aromatic hydroxyl groups is 1. The standard InChI is InChI=1S/C25H24N4O6S/c1-13(2)35-24(32)19-14(3)26-22-21(20(19)16-5-4-6-18(30)11-16)23(31)28-25(27-22)36-12-15-7-9-17(10-8-15)29(33)34/h4-11,13,20,30H,12H2,1-3H3,(H2,26,27,28,31). The Morgan fingerprint density at radius 1 is 1.25 bits per heavy atom. The lowest BCUT2D eigenvalue weighted by Gasteiger charge is -2.29. The summed E-state index contributed by atoms with van der Waals surface area (Å²) in [4.78, 5) is 44.1. The average Bonchev–Trinajstić information content (AvgIpc) is 2.81. The van der Waals surface area contributed by atoms with Crippen LogP contribution in [0.1, 0.15) is 43.4 Å². The summed E-state index contributed by atoms with van der Waals surface area (Å²) in [7, 11) is 0. The van der Waals surface area contributed by atoms with Crippen molar-refractivity contribution in [3.63, 3.8) is 0 Å². The number of carbonyl (C=O) groups excluding carboxylic acids is 1. The Balaban J connectivity index is 1.71. The Morgan fingerprint density at radius 2 is 1.97 bits per heavy atom. The van der Waals surface area contributed by atoms with Crippen molar-refractivity contribution >= 4 is 29.2 Å². The minimum absolute atomic E-state index is 0.000290. The highest BCUT2D eigenvalue weighted by Gasteiger charge is 2.37. The molecule has 1 unspecified atom stereocenters. The molecule has 4 rings (SSSR count). The van der Waals surface area contributed by atoms with Crippen molar-refractivity contribution in [2.45, 2.75) is 43.7 Å². The largest absolute Gasteiger partial charge is 0.508 e. The summed E-state index contributed by atoms with van der Waals surface area (Å²) in [6, 6.07) is 12.5. The van der Waals surface area contributed by atoms with Gasteiger partial charge < -0.3 is 20.1 Å². The number of rotatable bonds is 7. The van der Waals surface area contributed by atoms with E-state index in [1.54, 1.807) is 45.0 Å². The number of H-pyrrole nitrogens is 1. The molecule has 1 aliphatic rings. The van der Waals surface area contributed by atoms with Crippen LogP contribution in [0.25, 0.3) is 0 Å². The summed E-state index contributed by atoms with van der Waals surface area (Å²) in [5.41, 5.74) is 1.93. The Labute approximate surface area is 210 Å². The quantitative estimate of drug-likeness (QED) is 0.138. The van der Waals surface area contributed by atoms with Crippen LogP contribution in [0.4, 0.5) is 11.5 Å². The zero-order chi connectivity index (χ0) is 26.0. The Kier molecular flexibility index (Phi) is 7.11. The van der Waals surface area contributed by atoms with Crippen LogP contribution in [-0.4, -0.2) is 32.1 Å². The molecule has 11 heteroatoms. The van der Waals surface area contributed by atoms with Crippen LogP contribution in [-0.2, 0) is 15.3 Å². The van der Waals surface area contributed by atoms with Crippen molar-refractivity contribution in [1.82, 2.24) is 9.97 Å². The minimum Gasteiger partial charge on any atom is -0.508 e. The number of hydrogen-bond acceptors (Lipinski definition) is 9. The van der Waals surface area contributed by atoms with Crippen LogP contribution < -0.4 is 10.9 Å². The fourth-order valence-corrected chi connectivity index (χ4v) is 4.77. The van der Waals surface area contributed by atoms with Gasteiger partial charge in [-0.15, -0.1) is 0 Å². The van der Waals surface area contributed by atoms with Crippen LogP contribution in [0.15, 0.2) is 69.8 Å². The van der Waals surface area contributed by atoms with E-state index in [0.717, 1.165) is 5.56 Å². The van der Waals surface area contributed by atoms with Gasteiger partial charge in [-0.1, -0.05) is 36.0 Å². The smallest absolute Gasteiger partial charge is 0.337 e. The number of non-ortho nitro benzene ring substituents is 1. The van der Waals surface area contributed by atoms with Gasteiger partial charge in [0.05, 0.1) is 28.1 Å². The molecule has 0 radical (unpaired) electrons. The van der Waals surface area contributed by atoms with E-state index in [-0.39, 0.29) is 28.7 Å². The van der Waals surface area contributed by atoms with E-state index in [9.17, 15) is 24.8 Å². The topological polar surface area (TPSA) is 147 Å².